The van der Waals surface area contributed by atoms with Gasteiger partial charge in [-0.15, -0.1) is 0 Å². The fourth-order valence-corrected chi connectivity index (χ4v) is 3.16. The molecule has 1 aliphatic rings. The third kappa shape index (κ3) is 4.57. The number of rotatable bonds is 4. The summed E-state index contributed by atoms with van der Waals surface area (Å²) in [6, 6.07) is -0.159. The minimum atomic E-state index is -0.873. The van der Waals surface area contributed by atoms with E-state index in [4.69, 9.17) is 0 Å². The van der Waals surface area contributed by atoms with Gasteiger partial charge in [-0.2, -0.15) is 0 Å². The molecule has 1 rings (SSSR count). The number of hydrogen-bond acceptors (Lipinski definition) is 2. The zero-order chi connectivity index (χ0) is 13.8. The first-order valence-electron chi connectivity index (χ1n) is 6.52. The molecule has 0 spiro atoms. The van der Waals surface area contributed by atoms with Crippen molar-refractivity contribution in [3.05, 3.63) is 0 Å². The summed E-state index contributed by atoms with van der Waals surface area (Å²) in [7, 11) is -0.873. The third-order valence-electron chi connectivity index (χ3n) is 3.09. The lowest BCUT2D eigenvalue weighted by Gasteiger charge is -2.33. The van der Waals surface area contributed by atoms with Crippen LogP contribution in [0.25, 0.3) is 0 Å². The van der Waals surface area contributed by atoms with Crippen molar-refractivity contribution in [2.24, 2.45) is 5.41 Å². The Balaban J connectivity index is 2.61. The fraction of sp³-hybridized carbons (Fsp3) is 0.917. The van der Waals surface area contributed by atoms with Gasteiger partial charge in [-0.3, -0.25) is 0 Å². The van der Waals surface area contributed by atoms with Crippen LogP contribution in [-0.4, -0.2) is 46.0 Å². The molecule has 1 fully saturated rings. The standard InChI is InChI=1S/C12H25N3O2S/c1-5-13-11(16)14-10(12(2,3)4)9-15-7-6-8-18(15)17/h10H,5-9H2,1-4H3,(H2,13,14,16). The molecule has 1 saturated heterocycles. The maximum Gasteiger partial charge on any atom is 0.315 e. The highest BCUT2D eigenvalue weighted by atomic mass is 32.2. The zero-order valence-electron chi connectivity index (χ0n) is 11.8. The Kier molecular flexibility index (Phi) is 5.59. The molecule has 2 amide bonds. The Hall–Kier alpha value is -0.620. The molecule has 0 aromatic carbocycles. The number of carbonyl (C=O) groups excluding carboxylic acids is 1. The molecule has 0 radical (unpaired) electrons. The van der Waals surface area contributed by atoms with Crippen LogP contribution in [-0.2, 0) is 11.0 Å². The molecule has 18 heavy (non-hydrogen) atoms. The highest BCUT2D eigenvalue weighted by Gasteiger charge is 2.31. The summed E-state index contributed by atoms with van der Waals surface area (Å²) in [6.07, 6.45) is 0.977. The summed E-state index contributed by atoms with van der Waals surface area (Å²) >= 11 is 0. The third-order valence-corrected chi connectivity index (χ3v) is 4.63. The lowest BCUT2D eigenvalue weighted by Crippen LogP contribution is -2.53. The van der Waals surface area contributed by atoms with Crippen molar-refractivity contribution in [3.63, 3.8) is 0 Å². The van der Waals surface area contributed by atoms with Crippen LogP contribution >= 0.6 is 0 Å². The molecule has 2 atom stereocenters. The van der Waals surface area contributed by atoms with Crippen LogP contribution in [0.4, 0.5) is 4.79 Å². The Labute approximate surface area is 112 Å². The predicted octanol–water partition coefficient (Wildman–Crippen LogP) is 1.09. The molecule has 6 heteroatoms. The van der Waals surface area contributed by atoms with Crippen molar-refractivity contribution >= 4 is 17.0 Å². The van der Waals surface area contributed by atoms with Crippen LogP contribution < -0.4 is 10.6 Å². The van der Waals surface area contributed by atoms with Crippen LogP contribution in [0.5, 0.6) is 0 Å². The number of nitrogens with zero attached hydrogens (tertiary/aromatic N) is 1. The average molecular weight is 275 g/mol. The molecule has 2 N–H and O–H groups in total. The van der Waals surface area contributed by atoms with E-state index >= 15 is 0 Å². The Morgan fingerprint density at radius 1 is 1.44 bits per heavy atom. The van der Waals surface area contributed by atoms with Gasteiger partial charge in [0.15, 0.2) is 0 Å². The molecule has 0 aromatic heterocycles. The molecule has 0 saturated carbocycles. The smallest absolute Gasteiger partial charge is 0.315 e. The van der Waals surface area contributed by atoms with Crippen molar-refractivity contribution in [1.29, 1.82) is 0 Å². The van der Waals surface area contributed by atoms with Crippen molar-refractivity contribution in [2.75, 3.05) is 25.4 Å². The first kappa shape index (κ1) is 15.4. The summed E-state index contributed by atoms with van der Waals surface area (Å²) in [5, 5.41) is 5.72. The molecule has 1 aliphatic heterocycles. The summed E-state index contributed by atoms with van der Waals surface area (Å²) in [5.74, 6) is 0.748. The van der Waals surface area contributed by atoms with E-state index in [1.165, 1.54) is 0 Å². The van der Waals surface area contributed by atoms with E-state index in [9.17, 15) is 9.00 Å². The normalized spacial score (nSPS) is 22.8. The topological polar surface area (TPSA) is 61.4 Å². The molecule has 5 nitrogen and oxygen atoms in total. The summed E-state index contributed by atoms with van der Waals surface area (Å²) < 4.78 is 13.7. The van der Waals surface area contributed by atoms with Crippen molar-refractivity contribution < 1.29 is 9.00 Å². The van der Waals surface area contributed by atoms with Gasteiger partial charge in [0.05, 0.1) is 11.0 Å². The quantitative estimate of drug-likeness (QED) is 0.807. The fourth-order valence-electron chi connectivity index (χ4n) is 1.88. The van der Waals surface area contributed by atoms with E-state index in [2.05, 4.69) is 31.4 Å². The van der Waals surface area contributed by atoms with E-state index in [1.54, 1.807) is 0 Å². The van der Waals surface area contributed by atoms with E-state index in [0.29, 0.717) is 13.1 Å². The van der Waals surface area contributed by atoms with Gasteiger partial charge < -0.3 is 10.6 Å². The van der Waals surface area contributed by atoms with Gasteiger partial charge in [0, 0.05) is 31.4 Å². The molecular weight excluding hydrogens is 250 g/mol. The maximum atomic E-state index is 11.8. The zero-order valence-corrected chi connectivity index (χ0v) is 12.6. The van der Waals surface area contributed by atoms with Gasteiger partial charge in [-0.1, -0.05) is 20.8 Å². The van der Waals surface area contributed by atoms with Gasteiger partial charge in [0.2, 0.25) is 0 Å². The van der Waals surface area contributed by atoms with E-state index < -0.39 is 11.0 Å². The first-order chi connectivity index (χ1) is 8.34. The minimum Gasteiger partial charge on any atom is -0.338 e. The lowest BCUT2D eigenvalue weighted by atomic mass is 9.86. The Morgan fingerprint density at radius 2 is 2.11 bits per heavy atom. The average Bonchev–Trinajstić information content (AvgIpc) is 2.62. The highest BCUT2D eigenvalue weighted by molar-refractivity contribution is 7.82. The SMILES string of the molecule is CCNC(=O)NC(CN1CCCS1=O)C(C)(C)C. The summed E-state index contributed by atoms with van der Waals surface area (Å²) in [5.41, 5.74) is -0.0577. The van der Waals surface area contributed by atoms with Gasteiger partial charge in [0.1, 0.15) is 0 Å². The molecular formula is C12H25N3O2S. The van der Waals surface area contributed by atoms with E-state index in [1.807, 2.05) is 11.2 Å². The van der Waals surface area contributed by atoms with Crippen LogP contribution in [0.2, 0.25) is 0 Å². The number of carbonyl (C=O) groups is 1. The molecule has 2 unspecified atom stereocenters. The monoisotopic (exact) mass is 275 g/mol. The van der Waals surface area contributed by atoms with E-state index in [-0.39, 0.29) is 17.5 Å². The maximum absolute atomic E-state index is 11.8. The minimum absolute atomic E-state index is 0.00824. The molecule has 0 bridgehead atoms. The van der Waals surface area contributed by atoms with Gasteiger partial charge in [-0.05, 0) is 18.8 Å². The molecule has 1 heterocycles. The van der Waals surface area contributed by atoms with Gasteiger partial charge in [0.25, 0.3) is 0 Å². The molecule has 106 valence electrons. The number of hydrogen-bond donors (Lipinski definition) is 2. The second kappa shape index (κ2) is 6.52. The Morgan fingerprint density at radius 3 is 2.56 bits per heavy atom. The van der Waals surface area contributed by atoms with Gasteiger partial charge >= 0.3 is 6.03 Å². The van der Waals surface area contributed by atoms with Crippen molar-refractivity contribution in [1.82, 2.24) is 14.9 Å². The van der Waals surface area contributed by atoms with Crippen LogP contribution in [0.3, 0.4) is 0 Å². The largest absolute Gasteiger partial charge is 0.338 e. The molecule has 0 aromatic rings. The van der Waals surface area contributed by atoms with Crippen molar-refractivity contribution in [2.45, 2.75) is 40.2 Å². The highest BCUT2D eigenvalue weighted by Crippen LogP contribution is 2.22. The van der Waals surface area contributed by atoms with Crippen molar-refractivity contribution in [3.8, 4) is 0 Å². The lowest BCUT2D eigenvalue weighted by molar-refractivity contribution is 0.206. The first-order valence-corrected chi connectivity index (χ1v) is 7.80. The predicted molar refractivity (Wildman–Crippen MR) is 74.7 cm³/mol. The number of nitrogens with one attached hydrogen (secondary N) is 2. The summed E-state index contributed by atoms with van der Waals surface area (Å²) in [6.45, 7) is 10.3. The number of amides is 2. The van der Waals surface area contributed by atoms with E-state index in [0.717, 1.165) is 18.7 Å². The van der Waals surface area contributed by atoms with Crippen LogP contribution in [0.1, 0.15) is 34.1 Å². The van der Waals surface area contributed by atoms with Crippen LogP contribution in [0.15, 0.2) is 0 Å². The van der Waals surface area contributed by atoms with Crippen LogP contribution in [0, 0.1) is 5.41 Å². The number of urea groups is 1. The second-order valence-corrected chi connectivity index (χ2v) is 7.26. The summed E-state index contributed by atoms with van der Waals surface area (Å²) in [4.78, 5) is 11.6. The molecule has 0 aliphatic carbocycles. The second-order valence-electron chi connectivity index (χ2n) is 5.69. The Bertz CT molecular complexity index is 315. The van der Waals surface area contributed by atoms with Gasteiger partial charge in [-0.25, -0.2) is 13.3 Å².